The van der Waals surface area contributed by atoms with Gasteiger partial charge in [-0.15, -0.1) is 0 Å². The van der Waals surface area contributed by atoms with Crippen LogP contribution in [0.5, 0.6) is 0 Å². The standard InChI is InChI=1S/C14H15ClFNO3/c15-11-7-10(16)4-3-9(11)6-13(18)17-12(14(19)20)5-8-1-2-8/h3-4,7-8,12H,1-2,5-6H2,(H,17,18)(H,19,20). The van der Waals surface area contributed by atoms with Gasteiger partial charge in [-0.25, -0.2) is 9.18 Å². The van der Waals surface area contributed by atoms with E-state index in [1.165, 1.54) is 12.1 Å². The highest BCUT2D eigenvalue weighted by atomic mass is 35.5. The zero-order valence-electron chi connectivity index (χ0n) is 10.7. The van der Waals surface area contributed by atoms with Crippen LogP contribution in [0.1, 0.15) is 24.8 Å². The minimum Gasteiger partial charge on any atom is -0.480 e. The van der Waals surface area contributed by atoms with E-state index >= 15 is 0 Å². The van der Waals surface area contributed by atoms with Crippen LogP contribution in [-0.4, -0.2) is 23.0 Å². The van der Waals surface area contributed by atoms with E-state index in [1.54, 1.807) is 0 Å². The molecule has 0 aromatic heterocycles. The number of rotatable bonds is 6. The Hall–Kier alpha value is -1.62. The van der Waals surface area contributed by atoms with Gasteiger partial charge in [0.05, 0.1) is 6.42 Å². The molecule has 1 amide bonds. The third-order valence-electron chi connectivity index (χ3n) is 3.27. The maximum atomic E-state index is 12.9. The second-order valence-corrected chi connectivity index (χ2v) is 5.46. The summed E-state index contributed by atoms with van der Waals surface area (Å²) >= 11 is 5.83. The fourth-order valence-electron chi connectivity index (χ4n) is 1.99. The minimum atomic E-state index is -1.03. The van der Waals surface area contributed by atoms with Crippen molar-refractivity contribution < 1.29 is 19.1 Å². The molecule has 1 fully saturated rings. The molecule has 0 saturated heterocycles. The van der Waals surface area contributed by atoms with Gasteiger partial charge >= 0.3 is 5.97 Å². The summed E-state index contributed by atoms with van der Waals surface area (Å²) in [5, 5.41) is 11.7. The van der Waals surface area contributed by atoms with Crippen molar-refractivity contribution in [2.75, 3.05) is 0 Å². The quantitative estimate of drug-likeness (QED) is 0.847. The molecule has 1 aromatic carbocycles. The lowest BCUT2D eigenvalue weighted by molar-refractivity contribution is -0.142. The van der Waals surface area contributed by atoms with Crippen LogP contribution in [-0.2, 0) is 16.0 Å². The molecule has 1 saturated carbocycles. The number of nitrogens with one attached hydrogen (secondary N) is 1. The molecular weight excluding hydrogens is 285 g/mol. The van der Waals surface area contributed by atoms with Gasteiger partial charge in [-0.1, -0.05) is 30.5 Å². The minimum absolute atomic E-state index is 0.0619. The predicted molar refractivity (Wildman–Crippen MR) is 72.0 cm³/mol. The first-order chi connectivity index (χ1) is 9.45. The number of aliphatic carboxylic acids is 1. The van der Waals surface area contributed by atoms with Crippen LogP contribution in [0.3, 0.4) is 0 Å². The van der Waals surface area contributed by atoms with E-state index in [2.05, 4.69) is 5.32 Å². The third-order valence-corrected chi connectivity index (χ3v) is 3.62. The van der Waals surface area contributed by atoms with E-state index in [4.69, 9.17) is 16.7 Å². The fraction of sp³-hybridized carbons (Fsp3) is 0.429. The summed E-state index contributed by atoms with van der Waals surface area (Å²) in [4.78, 5) is 22.9. The van der Waals surface area contributed by atoms with Crippen molar-refractivity contribution in [2.45, 2.75) is 31.7 Å². The highest BCUT2D eigenvalue weighted by Crippen LogP contribution is 2.33. The normalized spacial score (nSPS) is 15.7. The predicted octanol–water partition coefficient (Wildman–Crippen LogP) is 2.39. The van der Waals surface area contributed by atoms with Gasteiger partial charge in [-0.05, 0) is 30.0 Å². The molecule has 0 heterocycles. The molecule has 1 atom stereocenters. The number of hydrogen-bond acceptors (Lipinski definition) is 2. The average molecular weight is 300 g/mol. The lowest BCUT2D eigenvalue weighted by atomic mass is 10.1. The molecular formula is C14H15ClFNO3. The van der Waals surface area contributed by atoms with Crippen LogP contribution >= 0.6 is 11.6 Å². The Balaban J connectivity index is 1.94. The fourth-order valence-corrected chi connectivity index (χ4v) is 2.23. The van der Waals surface area contributed by atoms with Gasteiger partial charge in [0.25, 0.3) is 0 Å². The van der Waals surface area contributed by atoms with Crippen molar-refractivity contribution in [1.82, 2.24) is 5.32 Å². The van der Waals surface area contributed by atoms with Crippen LogP contribution in [0.15, 0.2) is 18.2 Å². The van der Waals surface area contributed by atoms with Crippen molar-refractivity contribution in [3.05, 3.63) is 34.6 Å². The molecule has 2 N–H and O–H groups in total. The molecule has 1 aliphatic carbocycles. The first-order valence-corrected chi connectivity index (χ1v) is 6.79. The number of carboxylic acids is 1. The summed E-state index contributed by atoms with van der Waals surface area (Å²) in [6.45, 7) is 0. The summed E-state index contributed by atoms with van der Waals surface area (Å²) in [5.74, 6) is -1.54. The summed E-state index contributed by atoms with van der Waals surface area (Å²) in [7, 11) is 0. The number of carbonyl (C=O) groups is 2. The molecule has 4 nitrogen and oxygen atoms in total. The topological polar surface area (TPSA) is 66.4 Å². The van der Waals surface area contributed by atoms with E-state index in [9.17, 15) is 14.0 Å². The number of hydrogen-bond donors (Lipinski definition) is 2. The van der Waals surface area contributed by atoms with Crippen molar-refractivity contribution in [2.24, 2.45) is 5.92 Å². The van der Waals surface area contributed by atoms with Gasteiger partial charge in [0, 0.05) is 5.02 Å². The largest absolute Gasteiger partial charge is 0.480 e. The lowest BCUT2D eigenvalue weighted by Gasteiger charge is -2.14. The molecule has 6 heteroatoms. The van der Waals surface area contributed by atoms with Crippen molar-refractivity contribution in [3.8, 4) is 0 Å². The number of carbonyl (C=O) groups excluding carboxylic acids is 1. The Morgan fingerprint density at radius 1 is 1.45 bits per heavy atom. The molecule has 1 unspecified atom stereocenters. The monoisotopic (exact) mass is 299 g/mol. The van der Waals surface area contributed by atoms with Crippen molar-refractivity contribution in [1.29, 1.82) is 0 Å². The number of amides is 1. The summed E-state index contributed by atoms with van der Waals surface area (Å²) in [6, 6.07) is 2.90. The van der Waals surface area contributed by atoms with Gasteiger partial charge in [-0.2, -0.15) is 0 Å². The van der Waals surface area contributed by atoms with Crippen molar-refractivity contribution >= 4 is 23.5 Å². The molecule has 0 spiro atoms. The van der Waals surface area contributed by atoms with Crippen molar-refractivity contribution in [3.63, 3.8) is 0 Å². The van der Waals surface area contributed by atoms with E-state index in [-0.39, 0.29) is 11.4 Å². The van der Waals surface area contributed by atoms with Crippen LogP contribution in [0.25, 0.3) is 0 Å². The zero-order valence-corrected chi connectivity index (χ0v) is 11.5. The molecule has 1 aromatic rings. The molecule has 0 aliphatic heterocycles. The SMILES string of the molecule is O=C(Cc1ccc(F)cc1Cl)NC(CC1CC1)C(=O)O. The molecule has 0 bridgehead atoms. The maximum absolute atomic E-state index is 12.9. The first-order valence-electron chi connectivity index (χ1n) is 6.42. The molecule has 0 radical (unpaired) electrons. The Bertz CT molecular complexity index is 531. The zero-order chi connectivity index (χ0) is 14.7. The van der Waals surface area contributed by atoms with Gasteiger partial charge in [0.15, 0.2) is 0 Å². The van der Waals surface area contributed by atoms with Gasteiger partial charge < -0.3 is 10.4 Å². The Morgan fingerprint density at radius 3 is 2.70 bits per heavy atom. The summed E-state index contributed by atoms with van der Waals surface area (Å²) in [5.41, 5.74) is 0.473. The smallest absolute Gasteiger partial charge is 0.326 e. The lowest BCUT2D eigenvalue weighted by Crippen LogP contribution is -2.41. The molecule has 20 heavy (non-hydrogen) atoms. The summed E-state index contributed by atoms with van der Waals surface area (Å²) < 4.78 is 12.9. The Labute approximate surface area is 120 Å². The molecule has 108 valence electrons. The van der Waals surface area contributed by atoms with Crippen LogP contribution in [0.2, 0.25) is 5.02 Å². The second-order valence-electron chi connectivity index (χ2n) is 5.05. The van der Waals surface area contributed by atoms with Crippen LogP contribution < -0.4 is 5.32 Å². The van der Waals surface area contributed by atoms with Gasteiger partial charge in [0.1, 0.15) is 11.9 Å². The average Bonchev–Trinajstić information content (AvgIpc) is 3.16. The Morgan fingerprint density at radius 2 is 2.15 bits per heavy atom. The molecule has 1 aliphatic rings. The van der Waals surface area contributed by atoms with Crippen LogP contribution in [0.4, 0.5) is 4.39 Å². The second kappa shape index (κ2) is 6.22. The first kappa shape index (κ1) is 14.8. The van der Waals surface area contributed by atoms with E-state index in [0.29, 0.717) is 17.9 Å². The van der Waals surface area contributed by atoms with Gasteiger partial charge in [-0.3, -0.25) is 4.79 Å². The summed E-state index contributed by atoms with van der Waals surface area (Å²) in [6.07, 6.45) is 2.43. The highest BCUT2D eigenvalue weighted by molar-refractivity contribution is 6.31. The van der Waals surface area contributed by atoms with E-state index in [1.807, 2.05) is 0 Å². The number of halogens is 2. The third kappa shape index (κ3) is 4.20. The van der Waals surface area contributed by atoms with Gasteiger partial charge in [0.2, 0.25) is 5.91 Å². The van der Waals surface area contributed by atoms with E-state index in [0.717, 1.165) is 18.9 Å². The molecule has 2 rings (SSSR count). The van der Waals surface area contributed by atoms with Crippen LogP contribution in [0, 0.1) is 11.7 Å². The highest BCUT2D eigenvalue weighted by Gasteiger charge is 2.30. The Kier molecular flexibility index (Phi) is 4.60. The number of benzene rings is 1. The van der Waals surface area contributed by atoms with E-state index < -0.39 is 23.7 Å². The maximum Gasteiger partial charge on any atom is 0.326 e. The number of carboxylic acid groups (broad SMARTS) is 1.